The summed E-state index contributed by atoms with van der Waals surface area (Å²) in [5, 5.41) is 3.05. The molecule has 2 aromatic rings. The number of aromatic nitrogens is 2. The van der Waals surface area contributed by atoms with Gasteiger partial charge >= 0.3 is 0 Å². The van der Waals surface area contributed by atoms with E-state index in [4.69, 9.17) is 0 Å². The lowest BCUT2D eigenvalue weighted by Crippen LogP contribution is -2.29. The fourth-order valence-electron chi connectivity index (χ4n) is 3.05. The third kappa shape index (κ3) is 3.62. The summed E-state index contributed by atoms with van der Waals surface area (Å²) in [6.07, 6.45) is 5.45. The van der Waals surface area contributed by atoms with Crippen LogP contribution in [0.5, 0.6) is 0 Å². The van der Waals surface area contributed by atoms with Crippen LogP contribution in [0, 0.1) is 6.92 Å². The van der Waals surface area contributed by atoms with E-state index in [0.29, 0.717) is 0 Å². The standard InChI is InChI=1S/C19H22N4O/c1-14-21-16(13-18(20-2)22-14)17-9-6-12-23(17)19(24)11-10-15-7-4-3-5-8-15/h3-5,7-8,10-11,13,17H,6,9,12H2,1-2H3,(H,20,21,22)/b11-10+/t17-/m1/s1. The lowest BCUT2D eigenvalue weighted by atomic mass is 10.1. The number of nitrogens with zero attached hydrogens (tertiary/aromatic N) is 3. The van der Waals surface area contributed by atoms with Gasteiger partial charge in [-0.05, 0) is 31.4 Å². The fraction of sp³-hybridized carbons (Fsp3) is 0.316. The minimum Gasteiger partial charge on any atom is -0.373 e. The maximum Gasteiger partial charge on any atom is 0.247 e. The zero-order valence-corrected chi connectivity index (χ0v) is 14.1. The average Bonchev–Trinajstić information content (AvgIpc) is 3.10. The first kappa shape index (κ1) is 16.2. The molecule has 1 amide bonds. The highest BCUT2D eigenvalue weighted by molar-refractivity contribution is 5.92. The molecule has 0 aliphatic carbocycles. The normalized spacial score (nSPS) is 17.4. The molecule has 1 aromatic carbocycles. The second-order valence-corrected chi connectivity index (χ2v) is 5.91. The van der Waals surface area contributed by atoms with Crippen molar-refractivity contribution in [2.24, 2.45) is 0 Å². The number of hydrogen-bond acceptors (Lipinski definition) is 4. The van der Waals surface area contributed by atoms with Gasteiger partial charge < -0.3 is 10.2 Å². The maximum absolute atomic E-state index is 12.6. The SMILES string of the molecule is CNc1cc([C@H]2CCCN2C(=O)/C=C/c2ccccc2)nc(C)n1. The number of amides is 1. The average molecular weight is 322 g/mol. The molecule has 0 saturated carbocycles. The number of aryl methyl sites for hydroxylation is 1. The van der Waals surface area contributed by atoms with Crippen molar-refractivity contribution in [2.75, 3.05) is 18.9 Å². The van der Waals surface area contributed by atoms with Gasteiger partial charge in [-0.3, -0.25) is 4.79 Å². The quantitative estimate of drug-likeness (QED) is 0.878. The topological polar surface area (TPSA) is 58.1 Å². The summed E-state index contributed by atoms with van der Waals surface area (Å²) in [4.78, 5) is 23.4. The third-order valence-electron chi connectivity index (χ3n) is 4.21. The number of hydrogen-bond donors (Lipinski definition) is 1. The zero-order chi connectivity index (χ0) is 16.9. The summed E-state index contributed by atoms with van der Waals surface area (Å²) >= 11 is 0. The van der Waals surface area contributed by atoms with Crippen LogP contribution in [0.25, 0.3) is 6.08 Å². The Balaban J connectivity index is 1.79. The van der Waals surface area contributed by atoms with Crippen LogP contribution in [-0.4, -0.2) is 34.4 Å². The summed E-state index contributed by atoms with van der Waals surface area (Å²) in [5.41, 5.74) is 1.93. The molecule has 0 radical (unpaired) electrons. The monoisotopic (exact) mass is 322 g/mol. The Labute approximate surface area is 142 Å². The molecule has 3 rings (SSSR count). The summed E-state index contributed by atoms with van der Waals surface area (Å²) in [5.74, 6) is 1.54. The van der Waals surface area contributed by atoms with Gasteiger partial charge in [-0.2, -0.15) is 0 Å². The van der Waals surface area contributed by atoms with Crippen molar-refractivity contribution in [1.29, 1.82) is 0 Å². The van der Waals surface area contributed by atoms with Crippen molar-refractivity contribution in [3.8, 4) is 0 Å². The molecular weight excluding hydrogens is 300 g/mol. The Kier molecular flexibility index (Phi) is 4.89. The van der Waals surface area contributed by atoms with Crippen LogP contribution in [0.15, 0.2) is 42.5 Å². The summed E-state index contributed by atoms with van der Waals surface area (Å²) in [7, 11) is 1.84. The van der Waals surface area contributed by atoms with Gasteiger partial charge in [-0.1, -0.05) is 30.3 Å². The van der Waals surface area contributed by atoms with E-state index in [1.54, 1.807) is 6.08 Å². The van der Waals surface area contributed by atoms with E-state index >= 15 is 0 Å². The van der Waals surface area contributed by atoms with Gasteiger partial charge in [0.25, 0.3) is 0 Å². The largest absolute Gasteiger partial charge is 0.373 e. The van der Waals surface area contributed by atoms with Crippen LogP contribution in [0.4, 0.5) is 5.82 Å². The second-order valence-electron chi connectivity index (χ2n) is 5.91. The first-order valence-electron chi connectivity index (χ1n) is 8.24. The van der Waals surface area contributed by atoms with Crippen molar-refractivity contribution in [1.82, 2.24) is 14.9 Å². The predicted molar refractivity (Wildman–Crippen MR) is 95.5 cm³/mol. The highest BCUT2D eigenvalue weighted by atomic mass is 16.2. The molecule has 124 valence electrons. The Morgan fingerprint density at radius 2 is 2.08 bits per heavy atom. The fourth-order valence-corrected chi connectivity index (χ4v) is 3.05. The van der Waals surface area contributed by atoms with Gasteiger partial charge in [-0.15, -0.1) is 0 Å². The van der Waals surface area contributed by atoms with E-state index in [-0.39, 0.29) is 11.9 Å². The predicted octanol–water partition coefficient (Wildman–Crippen LogP) is 3.20. The second kappa shape index (κ2) is 7.25. The molecule has 1 aliphatic heterocycles. The molecule has 5 heteroatoms. The maximum atomic E-state index is 12.6. The zero-order valence-electron chi connectivity index (χ0n) is 14.1. The molecule has 5 nitrogen and oxygen atoms in total. The van der Waals surface area contributed by atoms with Crippen LogP contribution in [0.1, 0.15) is 36.0 Å². The number of likely N-dealkylation sites (tertiary alicyclic amines) is 1. The van der Waals surface area contributed by atoms with E-state index in [1.165, 1.54) is 0 Å². The summed E-state index contributed by atoms with van der Waals surface area (Å²) < 4.78 is 0. The van der Waals surface area contributed by atoms with Crippen LogP contribution in [0.2, 0.25) is 0 Å². The van der Waals surface area contributed by atoms with Gasteiger partial charge in [0.2, 0.25) is 5.91 Å². The van der Waals surface area contributed by atoms with Crippen molar-refractivity contribution in [2.45, 2.75) is 25.8 Å². The van der Waals surface area contributed by atoms with E-state index in [1.807, 2.05) is 61.3 Å². The summed E-state index contributed by atoms with van der Waals surface area (Å²) in [6.45, 7) is 2.64. The molecule has 2 heterocycles. The van der Waals surface area contributed by atoms with Crippen LogP contribution >= 0.6 is 0 Å². The Morgan fingerprint density at radius 1 is 1.29 bits per heavy atom. The van der Waals surface area contributed by atoms with E-state index in [2.05, 4.69) is 15.3 Å². The number of carbonyl (C=O) groups excluding carboxylic acids is 1. The molecule has 0 unspecified atom stereocenters. The Morgan fingerprint density at radius 3 is 2.83 bits per heavy atom. The van der Waals surface area contributed by atoms with E-state index in [9.17, 15) is 4.79 Å². The van der Waals surface area contributed by atoms with Crippen molar-refractivity contribution in [3.05, 3.63) is 59.6 Å². The number of anilines is 1. The molecule has 1 saturated heterocycles. The van der Waals surface area contributed by atoms with Crippen LogP contribution in [-0.2, 0) is 4.79 Å². The molecule has 1 atom stereocenters. The highest BCUT2D eigenvalue weighted by Gasteiger charge is 2.30. The molecule has 0 spiro atoms. The van der Waals surface area contributed by atoms with Gasteiger partial charge in [0.15, 0.2) is 0 Å². The van der Waals surface area contributed by atoms with Gasteiger partial charge in [0, 0.05) is 25.7 Å². The molecule has 1 fully saturated rings. The Bertz CT molecular complexity index is 742. The molecule has 1 N–H and O–H groups in total. The first-order valence-corrected chi connectivity index (χ1v) is 8.24. The van der Waals surface area contributed by atoms with Gasteiger partial charge in [-0.25, -0.2) is 9.97 Å². The van der Waals surface area contributed by atoms with Gasteiger partial charge in [0.05, 0.1) is 11.7 Å². The third-order valence-corrected chi connectivity index (χ3v) is 4.21. The molecule has 24 heavy (non-hydrogen) atoms. The number of rotatable bonds is 4. The molecule has 1 aliphatic rings. The van der Waals surface area contributed by atoms with E-state index < -0.39 is 0 Å². The lowest BCUT2D eigenvalue weighted by molar-refractivity contribution is -0.126. The number of nitrogens with one attached hydrogen (secondary N) is 1. The number of benzene rings is 1. The Hall–Kier alpha value is -2.69. The minimum atomic E-state index is 0.0201. The summed E-state index contributed by atoms with van der Waals surface area (Å²) in [6, 6.07) is 11.8. The lowest BCUT2D eigenvalue weighted by Gasteiger charge is -2.23. The molecule has 1 aromatic heterocycles. The number of carbonyl (C=O) groups is 1. The van der Waals surface area contributed by atoms with Gasteiger partial charge in [0.1, 0.15) is 11.6 Å². The highest BCUT2D eigenvalue weighted by Crippen LogP contribution is 2.32. The van der Waals surface area contributed by atoms with E-state index in [0.717, 1.165) is 42.3 Å². The van der Waals surface area contributed by atoms with Crippen molar-refractivity contribution in [3.63, 3.8) is 0 Å². The minimum absolute atomic E-state index is 0.0201. The van der Waals surface area contributed by atoms with Crippen LogP contribution < -0.4 is 5.32 Å². The van der Waals surface area contributed by atoms with Crippen molar-refractivity contribution < 1.29 is 4.79 Å². The molecule has 0 bridgehead atoms. The first-order chi connectivity index (χ1) is 11.7. The van der Waals surface area contributed by atoms with Crippen molar-refractivity contribution >= 4 is 17.8 Å². The van der Waals surface area contributed by atoms with Crippen LogP contribution in [0.3, 0.4) is 0 Å². The molecular formula is C19H22N4O. The smallest absolute Gasteiger partial charge is 0.247 e.